The van der Waals surface area contributed by atoms with Crippen molar-refractivity contribution in [3.63, 3.8) is 0 Å². The van der Waals surface area contributed by atoms with Crippen LogP contribution in [0, 0.1) is 0 Å². The molecule has 6 heteroatoms. The summed E-state index contributed by atoms with van der Waals surface area (Å²) in [4.78, 5) is 6.23. The first-order valence-corrected chi connectivity index (χ1v) is 8.41. The van der Waals surface area contributed by atoms with Gasteiger partial charge in [-0.15, -0.1) is 0 Å². The Morgan fingerprint density at radius 1 is 1.42 bits per heavy atom. The molecule has 0 radical (unpaired) electrons. The van der Waals surface area contributed by atoms with Crippen molar-refractivity contribution in [1.29, 1.82) is 0 Å². The number of rotatable bonds is 7. The summed E-state index contributed by atoms with van der Waals surface area (Å²) in [5.74, 6) is 0.158. The van der Waals surface area contributed by atoms with Crippen LogP contribution in [-0.2, 0) is 16.4 Å². The summed E-state index contributed by atoms with van der Waals surface area (Å²) < 4.78 is 22.3. The van der Waals surface area contributed by atoms with Gasteiger partial charge < -0.3 is 10.2 Å². The molecule has 0 aromatic carbocycles. The fourth-order valence-corrected chi connectivity index (χ4v) is 2.15. The van der Waals surface area contributed by atoms with E-state index in [2.05, 4.69) is 24.1 Å². The smallest absolute Gasteiger partial charge is 0.149 e. The van der Waals surface area contributed by atoms with Gasteiger partial charge in [0.15, 0.2) is 0 Å². The van der Waals surface area contributed by atoms with Crippen molar-refractivity contribution in [2.45, 2.75) is 26.4 Å². The maximum absolute atomic E-state index is 11.2. The van der Waals surface area contributed by atoms with Gasteiger partial charge >= 0.3 is 0 Å². The zero-order valence-electron chi connectivity index (χ0n) is 12.0. The molecule has 19 heavy (non-hydrogen) atoms. The van der Waals surface area contributed by atoms with Gasteiger partial charge in [-0.3, -0.25) is 4.98 Å². The van der Waals surface area contributed by atoms with E-state index in [1.54, 1.807) is 6.20 Å². The largest absolute Gasteiger partial charge is 0.373 e. The van der Waals surface area contributed by atoms with Crippen LogP contribution in [0.25, 0.3) is 0 Å². The lowest BCUT2D eigenvalue weighted by Gasteiger charge is -2.19. The molecule has 0 saturated heterocycles. The SMILES string of the molecule is CC(C)NCc1cc(N(C)CCS(C)(=O)=O)ccn1. The van der Waals surface area contributed by atoms with Crippen LogP contribution in [0.4, 0.5) is 5.69 Å². The third kappa shape index (κ3) is 6.54. The molecule has 0 unspecified atom stereocenters. The van der Waals surface area contributed by atoms with Crippen LogP contribution in [-0.4, -0.2) is 45.0 Å². The predicted molar refractivity (Wildman–Crippen MR) is 79.2 cm³/mol. The van der Waals surface area contributed by atoms with Crippen molar-refractivity contribution in [3.05, 3.63) is 24.0 Å². The maximum atomic E-state index is 11.2. The molecule has 0 aliphatic carbocycles. The molecule has 0 spiro atoms. The Balaban J connectivity index is 2.64. The standard InChI is InChI=1S/C13H23N3O2S/c1-11(2)15-10-12-9-13(5-6-14-12)16(3)7-8-19(4,17)18/h5-6,9,11,15H,7-8,10H2,1-4H3. The zero-order chi connectivity index (χ0) is 14.5. The van der Waals surface area contributed by atoms with Gasteiger partial charge in [0.05, 0.1) is 11.4 Å². The highest BCUT2D eigenvalue weighted by molar-refractivity contribution is 7.90. The molecule has 1 N–H and O–H groups in total. The molecule has 1 rings (SSSR count). The molecule has 0 amide bonds. The van der Waals surface area contributed by atoms with E-state index in [9.17, 15) is 8.42 Å². The molecule has 1 heterocycles. The van der Waals surface area contributed by atoms with Crippen LogP contribution in [0.2, 0.25) is 0 Å². The number of sulfone groups is 1. The maximum Gasteiger partial charge on any atom is 0.149 e. The van der Waals surface area contributed by atoms with E-state index < -0.39 is 9.84 Å². The Kier molecular flexibility index (Phi) is 5.75. The molecule has 0 aliphatic rings. The van der Waals surface area contributed by atoms with Crippen molar-refractivity contribution < 1.29 is 8.42 Å². The van der Waals surface area contributed by atoms with Crippen molar-refractivity contribution in [2.75, 3.05) is 30.5 Å². The van der Waals surface area contributed by atoms with Crippen LogP contribution in [0.15, 0.2) is 18.3 Å². The lowest BCUT2D eigenvalue weighted by molar-refractivity contribution is 0.581. The monoisotopic (exact) mass is 285 g/mol. The first-order chi connectivity index (χ1) is 8.78. The molecule has 1 aromatic heterocycles. The van der Waals surface area contributed by atoms with E-state index in [1.807, 2.05) is 24.1 Å². The van der Waals surface area contributed by atoms with Crippen molar-refractivity contribution >= 4 is 15.5 Å². The van der Waals surface area contributed by atoms with Gasteiger partial charge in [0, 0.05) is 44.3 Å². The highest BCUT2D eigenvalue weighted by Crippen LogP contribution is 2.12. The first kappa shape index (κ1) is 15.9. The predicted octanol–water partition coefficient (Wildman–Crippen LogP) is 1.06. The lowest BCUT2D eigenvalue weighted by atomic mass is 10.3. The van der Waals surface area contributed by atoms with Crippen molar-refractivity contribution in [2.24, 2.45) is 0 Å². The minimum Gasteiger partial charge on any atom is -0.373 e. The second-order valence-corrected chi connectivity index (χ2v) is 7.35. The summed E-state index contributed by atoms with van der Waals surface area (Å²) in [6, 6.07) is 4.28. The lowest BCUT2D eigenvalue weighted by Crippen LogP contribution is -2.26. The Morgan fingerprint density at radius 2 is 2.11 bits per heavy atom. The van der Waals surface area contributed by atoms with Gasteiger partial charge in [-0.2, -0.15) is 0 Å². The quantitative estimate of drug-likeness (QED) is 0.811. The van der Waals surface area contributed by atoms with Gasteiger partial charge in [-0.05, 0) is 12.1 Å². The molecule has 0 saturated carbocycles. The minimum absolute atomic E-state index is 0.158. The first-order valence-electron chi connectivity index (χ1n) is 6.35. The zero-order valence-corrected chi connectivity index (χ0v) is 12.9. The van der Waals surface area contributed by atoms with Crippen LogP contribution >= 0.6 is 0 Å². The normalized spacial score (nSPS) is 11.8. The molecule has 0 fully saturated rings. The molecule has 5 nitrogen and oxygen atoms in total. The Morgan fingerprint density at radius 3 is 2.68 bits per heavy atom. The minimum atomic E-state index is -2.93. The molecule has 0 aliphatic heterocycles. The van der Waals surface area contributed by atoms with E-state index in [-0.39, 0.29) is 5.75 Å². The van der Waals surface area contributed by atoms with Crippen molar-refractivity contribution in [1.82, 2.24) is 10.3 Å². The second-order valence-electron chi connectivity index (χ2n) is 5.09. The summed E-state index contributed by atoms with van der Waals surface area (Å²) in [5.41, 5.74) is 1.94. The Labute approximate surface area is 116 Å². The highest BCUT2D eigenvalue weighted by Gasteiger charge is 2.07. The molecule has 108 valence electrons. The van der Waals surface area contributed by atoms with E-state index >= 15 is 0 Å². The average Bonchev–Trinajstić information content (AvgIpc) is 2.33. The van der Waals surface area contributed by atoms with Gasteiger partial charge in [0.2, 0.25) is 0 Å². The third-order valence-electron chi connectivity index (χ3n) is 2.73. The van der Waals surface area contributed by atoms with Gasteiger partial charge in [0.1, 0.15) is 9.84 Å². The molecule has 1 aromatic rings. The third-order valence-corrected chi connectivity index (χ3v) is 3.65. The molecular formula is C13H23N3O2S. The number of pyridine rings is 1. The number of aromatic nitrogens is 1. The molecule has 0 bridgehead atoms. The average molecular weight is 285 g/mol. The summed E-state index contributed by atoms with van der Waals surface area (Å²) in [6.45, 7) is 5.37. The topological polar surface area (TPSA) is 62.3 Å². The van der Waals surface area contributed by atoms with Crippen molar-refractivity contribution in [3.8, 4) is 0 Å². The summed E-state index contributed by atoms with van der Waals surface area (Å²) in [7, 11) is -1.04. The van der Waals surface area contributed by atoms with Crippen LogP contribution < -0.4 is 10.2 Å². The van der Waals surface area contributed by atoms with Crippen LogP contribution in [0.3, 0.4) is 0 Å². The Bertz CT molecular complexity index is 500. The number of hydrogen-bond acceptors (Lipinski definition) is 5. The van der Waals surface area contributed by atoms with E-state index in [0.717, 1.165) is 11.4 Å². The van der Waals surface area contributed by atoms with E-state index in [1.165, 1.54) is 6.26 Å². The number of anilines is 1. The molecule has 0 atom stereocenters. The summed E-state index contributed by atoms with van der Waals surface area (Å²) in [5, 5.41) is 3.31. The van der Waals surface area contributed by atoms with E-state index in [4.69, 9.17) is 0 Å². The van der Waals surface area contributed by atoms with Gasteiger partial charge in [0.25, 0.3) is 0 Å². The van der Waals surface area contributed by atoms with Gasteiger partial charge in [-0.25, -0.2) is 8.42 Å². The summed E-state index contributed by atoms with van der Waals surface area (Å²) in [6.07, 6.45) is 3.01. The number of nitrogens with zero attached hydrogens (tertiary/aromatic N) is 2. The van der Waals surface area contributed by atoms with Gasteiger partial charge in [-0.1, -0.05) is 13.8 Å². The van der Waals surface area contributed by atoms with Crippen LogP contribution in [0.5, 0.6) is 0 Å². The fourth-order valence-electron chi connectivity index (χ4n) is 1.54. The second kappa shape index (κ2) is 6.86. The fraction of sp³-hybridized carbons (Fsp3) is 0.615. The highest BCUT2D eigenvalue weighted by atomic mass is 32.2. The Hall–Kier alpha value is -1.14. The van der Waals surface area contributed by atoms with Crippen LogP contribution in [0.1, 0.15) is 19.5 Å². The van der Waals surface area contributed by atoms with E-state index in [0.29, 0.717) is 19.1 Å². The number of nitrogens with one attached hydrogen (secondary N) is 1. The number of hydrogen-bond donors (Lipinski definition) is 1. The summed E-state index contributed by atoms with van der Waals surface area (Å²) >= 11 is 0. The molecular weight excluding hydrogens is 262 g/mol.